The van der Waals surface area contributed by atoms with Gasteiger partial charge in [0.2, 0.25) is 0 Å². The van der Waals surface area contributed by atoms with E-state index in [1.54, 1.807) is 42.5 Å². The Labute approximate surface area is 151 Å². The van der Waals surface area contributed by atoms with Crippen molar-refractivity contribution < 1.29 is 23.8 Å². The quantitative estimate of drug-likeness (QED) is 0.801. The number of nitriles is 1. The van der Waals surface area contributed by atoms with E-state index in [0.717, 1.165) is 0 Å². The Kier molecular flexibility index (Phi) is 6.17. The summed E-state index contributed by atoms with van der Waals surface area (Å²) in [6, 6.07) is 13.2. The van der Waals surface area contributed by atoms with Crippen molar-refractivity contribution in [3.63, 3.8) is 0 Å². The number of hydrogen-bond acceptors (Lipinski definition) is 6. The number of hydrogen-bond donors (Lipinski definition) is 1. The molecule has 2 rings (SSSR count). The van der Waals surface area contributed by atoms with E-state index in [9.17, 15) is 9.59 Å². The summed E-state index contributed by atoms with van der Waals surface area (Å²) in [6.07, 6.45) is -1.05. The zero-order chi connectivity index (χ0) is 19.1. The first-order valence-electron chi connectivity index (χ1n) is 7.73. The van der Waals surface area contributed by atoms with E-state index in [0.29, 0.717) is 11.3 Å². The van der Waals surface area contributed by atoms with Crippen molar-refractivity contribution in [2.24, 2.45) is 0 Å². The summed E-state index contributed by atoms with van der Waals surface area (Å²) in [6.45, 7) is 1.46. The Morgan fingerprint density at radius 1 is 1.04 bits per heavy atom. The van der Waals surface area contributed by atoms with E-state index in [2.05, 4.69) is 5.32 Å². The molecule has 0 spiro atoms. The second kappa shape index (κ2) is 8.53. The Hall–Kier alpha value is -3.53. The normalized spacial score (nSPS) is 11.0. The molecule has 2 aromatic carbocycles. The highest BCUT2D eigenvalue weighted by atomic mass is 16.6. The van der Waals surface area contributed by atoms with E-state index in [-0.39, 0.29) is 17.1 Å². The Bertz CT molecular complexity index is 818. The highest BCUT2D eigenvalue weighted by molar-refractivity contribution is 5.99. The lowest BCUT2D eigenvalue weighted by molar-refractivity contribution is -0.123. The Morgan fingerprint density at radius 3 is 2.12 bits per heavy atom. The van der Waals surface area contributed by atoms with Crippen LogP contribution in [0.25, 0.3) is 0 Å². The van der Waals surface area contributed by atoms with Crippen molar-refractivity contribution in [2.75, 3.05) is 19.5 Å². The van der Waals surface area contributed by atoms with Crippen LogP contribution < -0.4 is 14.8 Å². The van der Waals surface area contributed by atoms with E-state index >= 15 is 0 Å². The van der Waals surface area contributed by atoms with Crippen LogP contribution in [0, 0.1) is 11.3 Å². The molecule has 7 nitrogen and oxygen atoms in total. The lowest BCUT2D eigenvalue weighted by Crippen LogP contribution is -2.30. The molecular weight excluding hydrogens is 336 g/mol. The first kappa shape index (κ1) is 18.8. The van der Waals surface area contributed by atoms with Crippen LogP contribution in [0.15, 0.2) is 42.5 Å². The number of nitrogens with zero attached hydrogens (tertiary/aromatic N) is 1. The zero-order valence-corrected chi connectivity index (χ0v) is 14.6. The second-order valence-electron chi connectivity index (χ2n) is 5.26. The van der Waals surface area contributed by atoms with Gasteiger partial charge in [0.1, 0.15) is 17.1 Å². The van der Waals surface area contributed by atoms with Crippen molar-refractivity contribution >= 4 is 17.6 Å². The van der Waals surface area contributed by atoms with Crippen LogP contribution >= 0.6 is 0 Å². The molecule has 1 N–H and O–H groups in total. The van der Waals surface area contributed by atoms with Gasteiger partial charge < -0.3 is 19.5 Å². The maximum Gasteiger partial charge on any atom is 0.346 e. The number of carbonyl (C=O) groups is 2. The summed E-state index contributed by atoms with van der Waals surface area (Å²) in [5.41, 5.74) is 1.08. The number of benzene rings is 2. The smallest absolute Gasteiger partial charge is 0.346 e. The second-order valence-corrected chi connectivity index (χ2v) is 5.26. The maximum atomic E-state index is 12.5. The van der Waals surface area contributed by atoms with Crippen LogP contribution in [0.1, 0.15) is 22.8 Å². The Morgan fingerprint density at radius 2 is 1.62 bits per heavy atom. The minimum Gasteiger partial charge on any atom is -0.496 e. The summed E-state index contributed by atoms with van der Waals surface area (Å²) in [4.78, 5) is 24.7. The SMILES string of the molecule is COc1cccc(OC)c1C(=O)O[C@@H](C)C(=O)Nc1ccc(C#N)cc1. The molecule has 0 aliphatic carbocycles. The van der Waals surface area contributed by atoms with Crippen molar-refractivity contribution in [3.05, 3.63) is 53.6 Å². The molecule has 1 amide bonds. The summed E-state index contributed by atoms with van der Waals surface area (Å²) in [5, 5.41) is 11.4. The van der Waals surface area contributed by atoms with Crippen LogP contribution in [0.4, 0.5) is 5.69 Å². The lowest BCUT2D eigenvalue weighted by atomic mass is 10.1. The van der Waals surface area contributed by atoms with Gasteiger partial charge >= 0.3 is 5.97 Å². The molecule has 0 fully saturated rings. The third kappa shape index (κ3) is 4.30. The lowest BCUT2D eigenvalue weighted by Gasteiger charge is -2.16. The molecule has 7 heteroatoms. The van der Waals surface area contributed by atoms with Gasteiger partial charge in [0.15, 0.2) is 6.10 Å². The summed E-state index contributed by atoms with van der Waals surface area (Å²) >= 11 is 0. The fraction of sp³-hybridized carbons (Fsp3) is 0.211. The van der Waals surface area contributed by atoms with Gasteiger partial charge in [0.05, 0.1) is 25.9 Å². The van der Waals surface area contributed by atoms with Gasteiger partial charge in [-0.25, -0.2) is 4.79 Å². The molecule has 0 unspecified atom stereocenters. The van der Waals surface area contributed by atoms with Gasteiger partial charge in [-0.1, -0.05) is 6.07 Å². The molecule has 134 valence electrons. The molecule has 0 aromatic heterocycles. The van der Waals surface area contributed by atoms with Gasteiger partial charge in [-0.15, -0.1) is 0 Å². The minimum absolute atomic E-state index is 0.107. The predicted octanol–water partition coefficient (Wildman–Crippen LogP) is 2.76. The molecule has 0 heterocycles. The number of anilines is 1. The summed E-state index contributed by atoms with van der Waals surface area (Å²) in [5.74, 6) is -0.665. The van der Waals surface area contributed by atoms with Gasteiger partial charge in [-0.3, -0.25) is 4.79 Å². The van der Waals surface area contributed by atoms with Crippen molar-refractivity contribution in [2.45, 2.75) is 13.0 Å². The van der Waals surface area contributed by atoms with Crippen molar-refractivity contribution in [1.29, 1.82) is 5.26 Å². The predicted molar refractivity (Wildman–Crippen MR) is 94.2 cm³/mol. The van der Waals surface area contributed by atoms with E-state index < -0.39 is 18.0 Å². The van der Waals surface area contributed by atoms with Crippen LogP contribution in [0.5, 0.6) is 11.5 Å². The van der Waals surface area contributed by atoms with Crippen LogP contribution in [0.3, 0.4) is 0 Å². The molecule has 2 aromatic rings. The summed E-state index contributed by atoms with van der Waals surface area (Å²) in [7, 11) is 2.85. The third-order valence-corrected chi connectivity index (χ3v) is 3.57. The molecule has 0 saturated heterocycles. The number of amides is 1. The zero-order valence-electron chi connectivity index (χ0n) is 14.6. The fourth-order valence-corrected chi connectivity index (χ4v) is 2.20. The topological polar surface area (TPSA) is 97.7 Å². The molecule has 1 atom stereocenters. The maximum absolute atomic E-state index is 12.5. The molecule has 26 heavy (non-hydrogen) atoms. The van der Waals surface area contributed by atoms with Crippen molar-refractivity contribution in [3.8, 4) is 17.6 Å². The number of ether oxygens (including phenoxy) is 3. The average Bonchev–Trinajstić information content (AvgIpc) is 2.67. The number of methoxy groups -OCH3 is 2. The number of rotatable bonds is 6. The summed E-state index contributed by atoms with van der Waals surface area (Å²) < 4.78 is 15.6. The van der Waals surface area contributed by atoms with Crippen LogP contribution in [-0.2, 0) is 9.53 Å². The third-order valence-electron chi connectivity index (χ3n) is 3.57. The molecule has 0 aliphatic heterocycles. The highest BCUT2D eigenvalue weighted by Crippen LogP contribution is 2.29. The fourth-order valence-electron chi connectivity index (χ4n) is 2.20. The molecule has 0 saturated carbocycles. The monoisotopic (exact) mass is 354 g/mol. The number of esters is 1. The standard InChI is InChI=1S/C19H18N2O5/c1-12(18(22)21-14-9-7-13(11-20)8-10-14)26-19(23)17-15(24-2)5-4-6-16(17)25-3/h4-10,12H,1-3H3,(H,21,22)/t12-/m0/s1. The number of nitrogens with one attached hydrogen (secondary N) is 1. The first-order valence-corrected chi connectivity index (χ1v) is 7.73. The first-order chi connectivity index (χ1) is 12.5. The molecule has 0 bridgehead atoms. The largest absolute Gasteiger partial charge is 0.496 e. The van der Waals surface area contributed by atoms with Crippen LogP contribution in [-0.4, -0.2) is 32.2 Å². The van der Waals surface area contributed by atoms with Gasteiger partial charge in [0, 0.05) is 5.69 Å². The Balaban J connectivity index is 2.09. The molecule has 0 aliphatic rings. The highest BCUT2D eigenvalue weighted by Gasteiger charge is 2.24. The molecule has 0 radical (unpaired) electrons. The minimum atomic E-state index is -1.05. The number of carbonyl (C=O) groups excluding carboxylic acids is 2. The average molecular weight is 354 g/mol. The van der Waals surface area contributed by atoms with Gasteiger partial charge in [0.25, 0.3) is 5.91 Å². The van der Waals surface area contributed by atoms with Crippen molar-refractivity contribution in [1.82, 2.24) is 0 Å². The van der Waals surface area contributed by atoms with E-state index in [4.69, 9.17) is 19.5 Å². The van der Waals surface area contributed by atoms with Gasteiger partial charge in [-0.2, -0.15) is 5.26 Å². The van der Waals surface area contributed by atoms with E-state index in [1.165, 1.54) is 21.1 Å². The van der Waals surface area contributed by atoms with Gasteiger partial charge in [-0.05, 0) is 43.3 Å². The van der Waals surface area contributed by atoms with E-state index in [1.807, 2.05) is 6.07 Å². The molecular formula is C19H18N2O5. The van der Waals surface area contributed by atoms with Crippen LogP contribution in [0.2, 0.25) is 0 Å².